The van der Waals surface area contributed by atoms with E-state index in [9.17, 15) is 9.59 Å². The predicted octanol–water partition coefficient (Wildman–Crippen LogP) is 2.93. The van der Waals surface area contributed by atoms with E-state index in [1.165, 1.54) is 0 Å². The van der Waals surface area contributed by atoms with E-state index in [4.69, 9.17) is 4.52 Å². The van der Waals surface area contributed by atoms with Crippen molar-refractivity contribution in [2.75, 3.05) is 16.8 Å². The third-order valence-electron chi connectivity index (χ3n) is 4.23. The molecule has 2 heterocycles. The summed E-state index contributed by atoms with van der Waals surface area (Å²) in [6.45, 7) is 0.726. The molecule has 2 fully saturated rings. The molecule has 118 valence electrons. The number of anilines is 2. The molecule has 1 aromatic heterocycles. The van der Waals surface area contributed by atoms with E-state index >= 15 is 0 Å². The van der Waals surface area contributed by atoms with Crippen molar-refractivity contribution in [3.8, 4) is 0 Å². The third-order valence-corrected chi connectivity index (χ3v) is 4.23. The van der Waals surface area contributed by atoms with E-state index in [1.807, 2.05) is 18.2 Å². The summed E-state index contributed by atoms with van der Waals surface area (Å²) in [6.07, 6.45) is 3.65. The van der Waals surface area contributed by atoms with Crippen LogP contribution >= 0.6 is 0 Å². The van der Waals surface area contributed by atoms with E-state index in [1.54, 1.807) is 17.0 Å². The summed E-state index contributed by atoms with van der Waals surface area (Å²) >= 11 is 0. The topological polar surface area (TPSA) is 75.4 Å². The highest BCUT2D eigenvalue weighted by Gasteiger charge is 2.29. The summed E-state index contributed by atoms with van der Waals surface area (Å²) in [5.74, 6) is 1.03. The molecule has 2 amide bonds. The second kappa shape index (κ2) is 5.53. The lowest BCUT2D eigenvalue weighted by Crippen LogP contribution is -2.23. The Morgan fingerprint density at radius 1 is 1.30 bits per heavy atom. The third kappa shape index (κ3) is 2.84. The quantitative estimate of drug-likeness (QED) is 0.942. The molecule has 0 unspecified atom stereocenters. The first kappa shape index (κ1) is 14.0. The fraction of sp³-hybridized carbons (Fsp3) is 0.353. The molecule has 6 heteroatoms. The zero-order valence-electron chi connectivity index (χ0n) is 12.6. The summed E-state index contributed by atoms with van der Waals surface area (Å²) in [5, 5.41) is 6.64. The van der Waals surface area contributed by atoms with Crippen LogP contribution in [0.25, 0.3) is 0 Å². The van der Waals surface area contributed by atoms with Crippen molar-refractivity contribution in [3.63, 3.8) is 0 Å². The monoisotopic (exact) mass is 311 g/mol. The molecule has 1 saturated heterocycles. The molecule has 1 saturated carbocycles. The Labute approximate surface area is 133 Å². The molecule has 0 atom stereocenters. The van der Waals surface area contributed by atoms with Gasteiger partial charge in [-0.3, -0.25) is 9.59 Å². The van der Waals surface area contributed by atoms with Crippen LogP contribution in [0.3, 0.4) is 0 Å². The maximum atomic E-state index is 12.3. The molecule has 0 bridgehead atoms. The van der Waals surface area contributed by atoms with Crippen molar-refractivity contribution < 1.29 is 14.1 Å². The summed E-state index contributed by atoms with van der Waals surface area (Å²) in [4.78, 5) is 25.8. The number of nitrogens with one attached hydrogen (secondary N) is 1. The summed E-state index contributed by atoms with van der Waals surface area (Å²) < 4.78 is 5.20. The van der Waals surface area contributed by atoms with Crippen LogP contribution in [-0.2, 0) is 4.79 Å². The number of carbonyl (C=O) groups is 2. The van der Waals surface area contributed by atoms with E-state index in [-0.39, 0.29) is 17.5 Å². The van der Waals surface area contributed by atoms with Gasteiger partial charge in [-0.25, -0.2) is 0 Å². The van der Waals surface area contributed by atoms with Crippen molar-refractivity contribution in [2.45, 2.75) is 31.6 Å². The lowest BCUT2D eigenvalue weighted by molar-refractivity contribution is -0.117. The average molecular weight is 311 g/mol. The van der Waals surface area contributed by atoms with E-state index in [0.717, 1.165) is 37.3 Å². The van der Waals surface area contributed by atoms with Crippen molar-refractivity contribution >= 4 is 23.2 Å². The Morgan fingerprint density at radius 3 is 2.91 bits per heavy atom. The first-order chi connectivity index (χ1) is 11.2. The van der Waals surface area contributed by atoms with Gasteiger partial charge in [-0.15, -0.1) is 0 Å². The van der Waals surface area contributed by atoms with Gasteiger partial charge in [0.15, 0.2) is 5.69 Å². The van der Waals surface area contributed by atoms with Crippen molar-refractivity contribution in [3.05, 3.63) is 41.8 Å². The molecule has 1 N–H and O–H groups in total. The molecule has 2 aliphatic rings. The summed E-state index contributed by atoms with van der Waals surface area (Å²) in [5.41, 5.74) is 1.74. The maximum absolute atomic E-state index is 12.3. The zero-order chi connectivity index (χ0) is 15.8. The Morgan fingerprint density at radius 2 is 2.17 bits per heavy atom. The number of rotatable bonds is 4. The fourth-order valence-corrected chi connectivity index (χ4v) is 2.82. The van der Waals surface area contributed by atoms with Gasteiger partial charge in [-0.05, 0) is 37.5 Å². The van der Waals surface area contributed by atoms with Crippen molar-refractivity contribution in [2.24, 2.45) is 0 Å². The molecule has 1 aromatic carbocycles. The van der Waals surface area contributed by atoms with Crippen LogP contribution in [0.4, 0.5) is 11.4 Å². The van der Waals surface area contributed by atoms with Crippen molar-refractivity contribution in [1.29, 1.82) is 0 Å². The molecular formula is C17H17N3O3. The fourth-order valence-electron chi connectivity index (χ4n) is 2.82. The van der Waals surface area contributed by atoms with Crippen molar-refractivity contribution in [1.82, 2.24) is 5.16 Å². The maximum Gasteiger partial charge on any atom is 0.277 e. The van der Waals surface area contributed by atoms with Crippen LogP contribution < -0.4 is 10.2 Å². The number of hydrogen-bond donors (Lipinski definition) is 1. The first-order valence-corrected chi connectivity index (χ1v) is 7.89. The molecule has 1 aliphatic carbocycles. The van der Waals surface area contributed by atoms with Crippen LogP contribution in [0.1, 0.15) is 47.8 Å². The molecule has 0 radical (unpaired) electrons. The minimum atomic E-state index is -0.300. The van der Waals surface area contributed by atoms with E-state index < -0.39 is 0 Å². The van der Waals surface area contributed by atoms with Gasteiger partial charge in [-0.1, -0.05) is 11.2 Å². The van der Waals surface area contributed by atoms with Crippen LogP contribution in [0.2, 0.25) is 0 Å². The lowest BCUT2D eigenvalue weighted by Gasteiger charge is -2.16. The molecule has 2 aromatic rings. The second-order valence-electron chi connectivity index (χ2n) is 6.04. The SMILES string of the molecule is O=C(Nc1cccc(N2CCCC2=O)c1)c1cc(C2CC2)on1. The van der Waals surface area contributed by atoms with E-state index in [0.29, 0.717) is 18.0 Å². The number of carbonyl (C=O) groups excluding carboxylic acids is 2. The number of benzene rings is 1. The van der Waals surface area contributed by atoms with Crippen LogP contribution in [0.15, 0.2) is 34.9 Å². The molecule has 0 spiro atoms. The number of hydrogen-bond acceptors (Lipinski definition) is 4. The van der Waals surface area contributed by atoms with Gasteiger partial charge in [0.05, 0.1) is 0 Å². The van der Waals surface area contributed by atoms with Gasteiger partial charge in [0.1, 0.15) is 5.76 Å². The molecule has 1 aliphatic heterocycles. The summed E-state index contributed by atoms with van der Waals surface area (Å²) in [7, 11) is 0. The van der Waals surface area contributed by atoms with Crippen LogP contribution in [0, 0.1) is 0 Å². The molecule has 4 rings (SSSR count). The predicted molar refractivity (Wildman–Crippen MR) is 84.5 cm³/mol. The minimum Gasteiger partial charge on any atom is -0.360 e. The molecule has 6 nitrogen and oxygen atoms in total. The number of aromatic nitrogens is 1. The Kier molecular flexibility index (Phi) is 3.37. The van der Waals surface area contributed by atoms with Crippen LogP contribution in [-0.4, -0.2) is 23.5 Å². The van der Waals surface area contributed by atoms with Crippen LogP contribution in [0.5, 0.6) is 0 Å². The smallest absolute Gasteiger partial charge is 0.277 e. The lowest BCUT2D eigenvalue weighted by atomic mass is 10.2. The number of amides is 2. The van der Waals surface area contributed by atoms with Gasteiger partial charge in [0.25, 0.3) is 5.91 Å². The molecular weight excluding hydrogens is 294 g/mol. The average Bonchev–Trinajstić information content (AvgIpc) is 3.11. The van der Waals surface area contributed by atoms with Gasteiger partial charge in [0.2, 0.25) is 5.91 Å². The zero-order valence-corrected chi connectivity index (χ0v) is 12.6. The van der Waals surface area contributed by atoms with Gasteiger partial charge in [0, 0.05) is 36.3 Å². The summed E-state index contributed by atoms with van der Waals surface area (Å²) in [6, 6.07) is 9.02. The first-order valence-electron chi connectivity index (χ1n) is 7.89. The Bertz CT molecular complexity index is 764. The van der Waals surface area contributed by atoms with E-state index in [2.05, 4.69) is 10.5 Å². The highest BCUT2D eigenvalue weighted by Crippen LogP contribution is 2.40. The second-order valence-corrected chi connectivity index (χ2v) is 6.04. The van der Waals surface area contributed by atoms with Gasteiger partial charge >= 0.3 is 0 Å². The minimum absolute atomic E-state index is 0.124. The van der Waals surface area contributed by atoms with Gasteiger partial charge < -0.3 is 14.7 Å². The highest BCUT2D eigenvalue weighted by atomic mass is 16.5. The number of nitrogens with zero attached hydrogens (tertiary/aromatic N) is 2. The highest BCUT2D eigenvalue weighted by molar-refractivity contribution is 6.03. The standard InChI is InChI=1S/C17H17N3O3/c21-16-5-2-8-20(16)13-4-1-3-12(9-13)18-17(22)14-10-15(23-19-14)11-6-7-11/h1,3-4,9-11H,2,5-8H2,(H,18,22). The Balaban J connectivity index is 1.49. The Hall–Kier alpha value is -2.63. The molecule has 23 heavy (non-hydrogen) atoms. The van der Waals surface area contributed by atoms with Gasteiger partial charge in [-0.2, -0.15) is 0 Å². The largest absolute Gasteiger partial charge is 0.360 e. The normalized spacial score (nSPS) is 17.6.